The fraction of sp³-hybridized carbons (Fsp3) is 0.344. The van der Waals surface area contributed by atoms with Crippen molar-refractivity contribution in [1.82, 2.24) is 25.0 Å². The van der Waals surface area contributed by atoms with Gasteiger partial charge < -0.3 is 10.1 Å². The van der Waals surface area contributed by atoms with E-state index in [-0.39, 0.29) is 17.4 Å². The Kier molecular flexibility index (Phi) is 10.1. The minimum atomic E-state index is -4.75. The lowest BCUT2D eigenvalue weighted by Gasteiger charge is -2.25. The van der Waals surface area contributed by atoms with Crippen molar-refractivity contribution in [2.45, 2.75) is 52.3 Å². The number of unbranched alkanes of at least 4 members (excludes halogenated alkanes) is 1. The van der Waals surface area contributed by atoms with Crippen LogP contribution in [0.2, 0.25) is 0 Å². The summed E-state index contributed by atoms with van der Waals surface area (Å²) < 4.78 is 42.7. The Hall–Kier alpha value is -4.39. The maximum absolute atomic E-state index is 12.7. The zero-order valence-corrected chi connectivity index (χ0v) is 25.7. The van der Waals surface area contributed by atoms with Crippen LogP contribution < -0.4 is 10.1 Å². The van der Waals surface area contributed by atoms with Crippen LogP contribution in [0, 0.1) is 5.92 Å². The average molecular weight is 639 g/mol. The number of aliphatic imine (C=N–C) groups is 1. The summed E-state index contributed by atoms with van der Waals surface area (Å²) in [6, 6.07) is 12.7. The van der Waals surface area contributed by atoms with Crippen molar-refractivity contribution < 1.29 is 27.5 Å². The van der Waals surface area contributed by atoms with E-state index in [0.717, 1.165) is 48.9 Å². The Morgan fingerprint density at radius 2 is 1.98 bits per heavy atom. The molecule has 9 nitrogen and oxygen atoms in total. The highest BCUT2D eigenvalue weighted by atomic mass is 32.2. The average Bonchev–Trinajstić information content (AvgIpc) is 3.64. The highest BCUT2D eigenvalue weighted by Crippen LogP contribution is 2.33. The number of aryl methyl sites for hydroxylation is 1. The SMILES string of the molecule is CCC1=C(N2C(=O)CS/C2=N\C(=O)NCCCCc2cccc(-c3ncn(-c4ccc(OC(F)(F)F)cc4)n3)c2)C=CC(C)C1. The second kappa shape index (κ2) is 14.1. The summed E-state index contributed by atoms with van der Waals surface area (Å²) in [6.07, 6.45) is 4.87. The van der Waals surface area contributed by atoms with Gasteiger partial charge in [0, 0.05) is 17.8 Å². The van der Waals surface area contributed by atoms with Crippen molar-refractivity contribution in [3.05, 3.63) is 83.8 Å². The van der Waals surface area contributed by atoms with Crippen molar-refractivity contribution in [3.8, 4) is 22.8 Å². The van der Waals surface area contributed by atoms with Crippen LogP contribution in [0.4, 0.5) is 18.0 Å². The van der Waals surface area contributed by atoms with Gasteiger partial charge in [-0.15, -0.1) is 18.3 Å². The molecule has 45 heavy (non-hydrogen) atoms. The van der Waals surface area contributed by atoms with Crippen LogP contribution in [0.15, 0.2) is 83.3 Å². The molecule has 1 aliphatic carbocycles. The van der Waals surface area contributed by atoms with Crippen LogP contribution in [0.3, 0.4) is 0 Å². The first-order valence-corrected chi connectivity index (χ1v) is 15.7. The monoisotopic (exact) mass is 638 g/mol. The summed E-state index contributed by atoms with van der Waals surface area (Å²) in [5, 5.41) is 7.72. The van der Waals surface area contributed by atoms with Gasteiger partial charge in [0.25, 0.3) is 0 Å². The number of rotatable bonds is 10. The summed E-state index contributed by atoms with van der Waals surface area (Å²) >= 11 is 1.28. The molecule has 0 radical (unpaired) electrons. The van der Waals surface area contributed by atoms with Crippen LogP contribution in [0.1, 0.15) is 45.1 Å². The van der Waals surface area contributed by atoms with Gasteiger partial charge in [-0.1, -0.05) is 49.9 Å². The maximum atomic E-state index is 12.7. The van der Waals surface area contributed by atoms with Gasteiger partial charge in [0.15, 0.2) is 11.0 Å². The molecule has 2 aliphatic rings. The van der Waals surface area contributed by atoms with Crippen LogP contribution >= 0.6 is 11.8 Å². The minimum absolute atomic E-state index is 0.0653. The normalized spacial score (nSPS) is 17.8. The number of benzene rings is 2. The molecule has 1 aliphatic heterocycles. The molecule has 2 heterocycles. The van der Waals surface area contributed by atoms with E-state index < -0.39 is 12.4 Å². The fourth-order valence-corrected chi connectivity index (χ4v) is 5.99. The maximum Gasteiger partial charge on any atom is 0.573 e. The smallest absolute Gasteiger partial charge is 0.406 e. The van der Waals surface area contributed by atoms with E-state index in [4.69, 9.17) is 0 Å². The number of amides is 3. The van der Waals surface area contributed by atoms with Crippen molar-refractivity contribution in [2.24, 2.45) is 10.9 Å². The van der Waals surface area contributed by atoms with Gasteiger partial charge in [-0.3, -0.25) is 9.69 Å². The highest BCUT2D eigenvalue weighted by molar-refractivity contribution is 8.15. The Labute approximate surface area is 263 Å². The molecule has 2 aromatic carbocycles. The first kappa shape index (κ1) is 32.0. The van der Waals surface area contributed by atoms with E-state index in [1.807, 2.05) is 30.3 Å². The molecule has 0 saturated carbocycles. The van der Waals surface area contributed by atoms with E-state index in [9.17, 15) is 22.8 Å². The van der Waals surface area contributed by atoms with E-state index in [1.54, 1.807) is 4.90 Å². The Balaban J connectivity index is 1.11. The molecule has 1 unspecified atom stereocenters. The van der Waals surface area contributed by atoms with Gasteiger partial charge in [0.2, 0.25) is 5.91 Å². The topological polar surface area (TPSA) is 102 Å². The molecule has 13 heteroatoms. The number of hydrogen-bond donors (Lipinski definition) is 1. The number of amidine groups is 1. The molecular weight excluding hydrogens is 605 g/mol. The van der Waals surface area contributed by atoms with Gasteiger partial charge in [-0.05, 0) is 85.6 Å². The lowest BCUT2D eigenvalue weighted by molar-refractivity contribution is -0.274. The molecule has 1 N–H and O–H groups in total. The molecule has 1 saturated heterocycles. The molecule has 0 bridgehead atoms. The second-order valence-corrected chi connectivity index (χ2v) is 11.7. The number of hydrogen-bond acceptors (Lipinski definition) is 6. The summed E-state index contributed by atoms with van der Waals surface area (Å²) in [4.78, 5) is 35.4. The first-order chi connectivity index (χ1) is 21.6. The zero-order valence-electron chi connectivity index (χ0n) is 24.9. The zero-order chi connectivity index (χ0) is 32.0. The molecule has 3 aromatic rings. The third kappa shape index (κ3) is 8.41. The Morgan fingerprint density at radius 1 is 1.18 bits per heavy atom. The molecule has 1 atom stereocenters. The third-order valence-corrected chi connectivity index (χ3v) is 8.25. The van der Waals surface area contributed by atoms with E-state index in [0.29, 0.717) is 29.1 Å². The number of nitrogens with one attached hydrogen (secondary N) is 1. The predicted octanol–water partition coefficient (Wildman–Crippen LogP) is 7.06. The van der Waals surface area contributed by atoms with Crippen LogP contribution in [0.5, 0.6) is 5.75 Å². The molecule has 1 fully saturated rings. The number of halogens is 3. The second-order valence-electron chi connectivity index (χ2n) is 10.7. The van der Waals surface area contributed by atoms with Crippen molar-refractivity contribution >= 4 is 28.9 Å². The largest absolute Gasteiger partial charge is 0.573 e. The fourth-order valence-electron chi connectivity index (χ4n) is 5.14. The van der Waals surface area contributed by atoms with E-state index in [1.165, 1.54) is 52.6 Å². The molecule has 3 amide bonds. The highest BCUT2D eigenvalue weighted by Gasteiger charge is 2.33. The molecule has 1 aromatic heterocycles. The molecule has 236 valence electrons. The number of aromatic nitrogens is 3. The summed E-state index contributed by atoms with van der Waals surface area (Å²) in [5.74, 6) is 0.785. The van der Waals surface area contributed by atoms with E-state index >= 15 is 0 Å². The standard InChI is InChI=1S/C32H33F3N6O3S/c1-3-23-17-21(2)10-15-27(23)41-28(42)19-45-31(41)38-30(43)36-16-5-4-7-22-8-6-9-24(18-22)29-37-20-40(39-29)25-11-13-26(14-12-25)44-32(33,34)35/h6,8-15,18,20-21H,3-5,7,16-17,19H2,1-2H3,(H,36,43)/b38-31-. The van der Waals surface area contributed by atoms with Crippen molar-refractivity contribution in [2.75, 3.05) is 12.3 Å². The number of ether oxygens (including phenoxy) is 1. The van der Waals surface area contributed by atoms with Crippen molar-refractivity contribution in [3.63, 3.8) is 0 Å². The molecule has 0 spiro atoms. The third-order valence-electron chi connectivity index (χ3n) is 7.32. The van der Waals surface area contributed by atoms with Crippen LogP contribution in [-0.2, 0) is 11.2 Å². The number of nitrogens with zero attached hydrogens (tertiary/aromatic N) is 5. The number of carbonyl (C=O) groups is 2. The number of carbonyl (C=O) groups excluding carboxylic acids is 2. The first-order valence-electron chi connectivity index (χ1n) is 14.7. The Morgan fingerprint density at radius 3 is 2.73 bits per heavy atom. The Bertz CT molecular complexity index is 1630. The number of thioether (sulfide) groups is 1. The lowest BCUT2D eigenvalue weighted by Crippen LogP contribution is -2.32. The lowest BCUT2D eigenvalue weighted by atomic mass is 9.92. The quantitative estimate of drug-likeness (QED) is 0.239. The van der Waals surface area contributed by atoms with Gasteiger partial charge in [0.1, 0.15) is 12.1 Å². The van der Waals surface area contributed by atoms with Crippen LogP contribution in [0.25, 0.3) is 17.1 Å². The summed E-state index contributed by atoms with van der Waals surface area (Å²) in [5.41, 5.74) is 4.46. The van der Waals surface area contributed by atoms with Gasteiger partial charge >= 0.3 is 12.4 Å². The summed E-state index contributed by atoms with van der Waals surface area (Å²) in [7, 11) is 0. The van der Waals surface area contributed by atoms with Gasteiger partial charge in [-0.2, -0.15) is 4.99 Å². The van der Waals surface area contributed by atoms with E-state index in [2.05, 4.69) is 45.1 Å². The summed E-state index contributed by atoms with van der Waals surface area (Å²) in [6.45, 7) is 4.67. The van der Waals surface area contributed by atoms with Gasteiger partial charge in [0.05, 0.1) is 11.4 Å². The molecule has 5 rings (SSSR count). The number of allylic oxidation sites excluding steroid dienone is 3. The predicted molar refractivity (Wildman–Crippen MR) is 167 cm³/mol. The van der Waals surface area contributed by atoms with Crippen molar-refractivity contribution in [1.29, 1.82) is 0 Å². The number of urea groups is 1. The molecular formula is C32H33F3N6O3S. The van der Waals surface area contributed by atoms with Crippen LogP contribution in [-0.4, -0.2) is 55.4 Å². The number of alkyl halides is 3. The van der Waals surface area contributed by atoms with Gasteiger partial charge in [-0.25, -0.2) is 14.5 Å². The minimum Gasteiger partial charge on any atom is -0.406 e.